The lowest BCUT2D eigenvalue weighted by molar-refractivity contribution is 0.134. The van der Waals surface area contributed by atoms with Gasteiger partial charge in [-0.1, -0.05) is 13.0 Å². The second-order valence-electron chi connectivity index (χ2n) is 6.61. The molecule has 0 aromatic heterocycles. The predicted molar refractivity (Wildman–Crippen MR) is 84.2 cm³/mol. The number of ether oxygens (including phenoxy) is 1. The van der Waals surface area contributed by atoms with Gasteiger partial charge in [-0.3, -0.25) is 0 Å². The van der Waals surface area contributed by atoms with Crippen LogP contribution in [0.4, 0.5) is 4.39 Å². The molecule has 0 spiro atoms. The van der Waals surface area contributed by atoms with Gasteiger partial charge in [-0.15, -0.1) is 0 Å². The first-order chi connectivity index (χ1) is 9.93. The van der Waals surface area contributed by atoms with Gasteiger partial charge in [0.25, 0.3) is 0 Å². The monoisotopic (exact) mass is 294 g/mol. The maximum Gasteiger partial charge on any atom is 0.165 e. The van der Waals surface area contributed by atoms with E-state index < -0.39 is 0 Å². The molecule has 0 bridgehead atoms. The number of nitrogens with one attached hydrogen (secondary N) is 1. The Kier molecular flexibility index (Phi) is 5.22. The van der Waals surface area contributed by atoms with Crippen LogP contribution in [0.25, 0.3) is 0 Å². The Morgan fingerprint density at radius 3 is 2.67 bits per heavy atom. The molecule has 1 unspecified atom stereocenters. The highest BCUT2D eigenvalue weighted by Crippen LogP contribution is 2.30. The van der Waals surface area contributed by atoms with Crippen molar-refractivity contribution in [3.05, 3.63) is 29.6 Å². The molecular formula is C17H27FN2O. The fraction of sp³-hybridized carbons (Fsp3) is 0.647. The van der Waals surface area contributed by atoms with Crippen molar-refractivity contribution in [2.45, 2.75) is 32.7 Å². The van der Waals surface area contributed by atoms with Crippen LogP contribution in [0, 0.1) is 11.2 Å². The van der Waals surface area contributed by atoms with Crippen LogP contribution < -0.4 is 10.1 Å². The lowest BCUT2D eigenvalue weighted by Crippen LogP contribution is -2.42. The number of benzene rings is 1. The summed E-state index contributed by atoms with van der Waals surface area (Å²) in [6, 6.07) is 5.27. The van der Waals surface area contributed by atoms with Gasteiger partial charge in [0.05, 0.1) is 7.11 Å². The van der Waals surface area contributed by atoms with Gasteiger partial charge in [-0.25, -0.2) is 4.39 Å². The summed E-state index contributed by atoms with van der Waals surface area (Å²) >= 11 is 0. The highest BCUT2D eigenvalue weighted by atomic mass is 19.1. The van der Waals surface area contributed by atoms with Gasteiger partial charge >= 0.3 is 0 Å². The number of nitrogens with zero attached hydrogens (tertiary/aromatic N) is 1. The highest BCUT2D eigenvalue weighted by molar-refractivity contribution is 5.31. The first-order valence-electron chi connectivity index (χ1n) is 7.69. The lowest BCUT2D eigenvalue weighted by Gasteiger charge is -2.38. The van der Waals surface area contributed by atoms with Gasteiger partial charge in [-0.05, 0) is 63.0 Å². The van der Waals surface area contributed by atoms with Crippen molar-refractivity contribution < 1.29 is 9.13 Å². The van der Waals surface area contributed by atoms with Gasteiger partial charge in [0.2, 0.25) is 0 Å². The second kappa shape index (κ2) is 6.75. The molecule has 1 heterocycles. The average molecular weight is 294 g/mol. The zero-order valence-corrected chi connectivity index (χ0v) is 13.6. The van der Waals surface area contributed by atoms with Crippen LogP contribution in [0.5, 0.6) is 5.75 Å². The smallest absolute Gasteiger partial charge is 0.165 e. The minimum atomic E-state index is -0.310. The third-order valence-corrected chi connectivity index (χ3v) is 4.70. The molecule has 0 aliphatic carbocycles. The first-order valence-corrected chi connectivity index (χ1v) is 7.69. The van der Waals surface area contributed by atoms with Gasteiger partial charge < -0.3 is 15.0 Å². The zero-order valence-electron chi connectivity index (χ0n) is 13.6. The maximum absolute atomic E-state index is 13.5. The zero-order chi connectivity index (χ0) is 15.5. The summed E-state index contributed by atoms with van der Waals surface area (Å²) in [5.41, 5.74) is 1.41. The van der Waals surface area contributed by atoms with Crippen LogP contribution in [0.2, 0.25) is 0 Å². The van der Waals surface area contributed by atoms with Gasteiger partial charge in [0, 0.05) is 12.6 Å². The predicted octanol–water partition coefficient (Wildman–Crippen LogP) is 3.22. The minimum Gasteiger partial charge on any atom is -0.494 e. The maximum atomic E-state index is 13.5. The number of likely N-dealkylation sites (tertiary alicyclic amines) is 1. The Hall–Kier alpha value is -1.13. The normalized spacial score (nSPS) is 20.2. The molecule has 2 rings (SSSR count). The largest absolute Gasteiger partial charge is 0.494 e. The topological polar surface area (TPSA) is 24.5 Å². The van der Waals surface area contributed by atoms with E-state index in [2.05, 4.69) is 31.1 Å². The van der Waals surface area contributed by atoms with E-state index in [4.69, 9.17) is 4.74 Å². The van der Waals surface area contributed by atoms with Crippen LogP contribution in [0.15, 0.2) is 18.2 Å². The molecule has 4 heteroatoms. The van der Waals surface area contributed by atoms with E-state index in [9.17, 15) is 4.39 Å². The second-order valence-corrected chi connectivity index (χ2v) is 6.61. The van der Waals surface area contributed by atoms with E-state index in [1.807, 2.05) is 6.07 Å². The summed E-state index contributed by atoms with van der Waals surface area (Å²) in [4.78, 5) is 2.38. The number of hydrogen-bond acceptors (Lipinski definition) is 3. The average Bonchev–Trinajstić information content (AvgIpc) is 2.49. The number of methoxy groups -OCH3 is 1. The number of halogens is 1. The van der Waals surface area contributed by atoms with Crippen molar-refractivity contribution in [1.29, 1.82) is 0 Å². The third-order valence-electron chi connectivity index (χ3n) is 4.70. The van der Waals surface area contributed by atoms with E-state index in [0.29, 0.717) is 11.2 Å². The number of hydrogen-bond donors (Lipinski definition) is 1. The Labute approximate surface area is 127 Å². The van der Waals surface area contributed by atoms with Crippen molar-refractivity contribution >= 4 is 0 Å². The molecule has 1 aromatic carbocycles. The van der Waals surface area contributed by atoms with E-state index in [-0.39, 0.29) is 11.9 Å². The number of piperidine rings is 1. The van der Waals surface area contributed by atoms with Crippen LogP contribution in [-0.4, -0.2) is 38.7 Å². The number of rotatable bonds is 5. The van der Waals surface area contributed by atoms with Crippen molar-refractivity contribution in [2.24, 2.45) is 5.41 Å². The molecule has 0 amide bonds. The molecule has 1 aliphatic heterocycles. The minimum absolute atomic E-state index is 0.191. The Morgan fingerprint density at radius 2 is 2.05 bits per heavy atom. The molecule has 1 fully saturated rings. The molecule has 1 saturated heterocycles. The van der Waals surface area contributed by atoms with E-state index in [0.717, 1.165) is 25.2 Å². The molecule has 118 valence electrons. The van der Waals surface area contributed by atoms with Crippen molar-refractivity contribution in [3.63, 3.8) is 0 Å². The van der Waals surface area contributed by atoms with Gasteiger partial charge in [-0.2, -0.15) is 0 Å². The summed E-state index contributed by atoms with van der Waals surface area (Å²) in [6.07, 6.45) is 2.44. The SMILES string of the molecule is COc1cc(C(C)NCC2(C)CCN(C)CC2)ccc1F. The van der Waals surface area contributed by atoms with Crippen molar-refractivity contribution in [3.8, 4) is 5.75 Å². The van der Waals surface area contributed by atoms with Crippen molar-refractivity contribution in [1.82, 2.24) is 10.2 Å². The quantitative estimate of drug-likeness (QED) is 0.902. The summed E-state index contributed by atoms with van der Waals surface area (Å²) in [5.74, 6) is 0.00221. The molecule has 0 saturated carbocycles. The van der Waals surface area contributed by atoms with E-state index >= 15 is 0 Å². The highest BCUT2D eigenvalue weighted by Gasteiger charge is 2.29. The van der Waals surface area contributed by atoms with Crippen LogP contribution >= 0.6 is 0 Å². The summed E-state index contributed by atoms with van der Waals surface area (Å²) in [7, 11) is 3.68. The van der Waals surface area contributed by atoms with Gasteiger partial charge in [0.15, 0.2) is 11.6 Å². The van der Waals surface area contributed by atoms with E-state index in [1.165, 1.54) is 26.0 Å². The summed E-state index contributed by atoms with van der Waals surface area (Å²) in [6.45, 7) is 7.78. The Balaban J connectivity index is 1.94. The molecule has 1 aromatic rings. The molecule has 0 radical (unpaired) electrons. The van der Waals surface area contributed by atoms with Crippen molar-refractivity contribution in [2.75, 3.05) is 33.8 Å². The molecule has 3 nitrogen and oxygen atoms in total. The third kappa shape index (κ3) is 4.17. The first kappa shape index (κ1) is 16.2. The van der Waals surface area contributed by atoms with Crippen LogP contribution in [0.1, 0.15) is 38.3 Å². The summed E-state index contributed by atoms with van der Waals surface area (Å²) in [5, 5.41) is 3.60. The molecule has 1 atom stereocenters. The van der Waals surface area contributed by atoms with Crippen LogP contribution in [0.3, 0.4) is 0 Å². The molecule has 1 N–H and O–H groups in total. The Morgan fingerprint density at radius 1 is 1.38 bits per heavy atom. The summed E-state index contributed by atoms with van der Waals surface area (Å²) < 4.78 is 18.5. The fourth-order valence-electron chi connectivity index (χ4n) is 2.80. The lowest BCUT2D eigenvalue weighted by atomic mass is 9.80. The Bertz CT molecular complexity index is 470. The molecule has 21 heavy (non-hydrogen) atoms. The van der Waals surface area contributed by atoms with Crippen LogP contribution in [-0.2, 0) is 0 Å². The fourth-order valence-corrected chi connectivity index (χ4v) is 2.80. The standard InChI is InChI=1S/C17H27FN2O/c1-13(14-5-6-15(18)16(11-14)21-4)19-12-17(2)7-9-20(3)10-8-17/h5-6,11,13,19H,7-10,12H2,1-4H3. The molecular weight excluding hydrogens is 267 g/mol. The molecule has 1 aliphatic rings. The van der Waals surface area contributed by atoms with Gasteiger partial charge in [0.1, 0.15) is 0 Å². The van der Waals surface area contributed by atoms with E-state index in [1.54, 1.807) is 6.07 Å².